The highest BCUT2D eigenvalue weighted by atomic mass is 32.1. The van der Waals surface area contributed by atoms with E-state index in [2.05, 4.69) is 17.1 Å². The molecule has 2 rings (SSSR count). The van der Waals surface area contributed by atoms with Crippen LogP contribution in [0.15, 0.2) is 35.7 Å². The van der Waals surface area contributed by atoms with Crippen molar-refractivity contribution in [1.82, 2.24) is 4.98 Å². The van der Waals surface area contributed by atoms with Crippen molar-refractivity contribution in [1.29, 1.82) is 0 Å². The molecule has 2 nitrogen and oxygen atoms in total. The molecule has 2 aromatic rings. The maximum atomic E-state index is 5.75. The lowest BCUT2D eigenvalue weighted by Crippen LogP contribution is -2.04. The molecule has 0 saturated carbocycles. The maximum absolute atomic E-state index is 5.75. The van der Waals surface area contributed by atoms with E-state index in [1.165, 1.54) is 0 Å². The number of nitrogens with zero attached hydrogens (tertiary/aromatic N) is 1. The molecule has 1 aromatic carbocycles. The van der Waals surface area contributed by atoms with E-state index in [0.29, 0.717) is 0 Å². The lowest BCUT2D eigenvalue weighted by molar-refractivity contribution is 0.790. The summed E-state index contributed by atoms with van der Waals surface area (Å²) >= 11 is 1.64. The Balaban J connectivity index is 2.34. The van der Waals surface area contributed by atoms with Gasteiger partial charge < -0.3 is 5.73 Å². The second-order valence-electron chi connectivity index (χ2n) is 3.23. The molecule has 14 heavy (non-hydrogen) atoms. The number of thiazole rings is 1. The van der Waals surface area contributed by atoms with Crippen LogP contribution in [0.25, 0.3) is 10.6 Å². The minimum absolute atomic E-state index is 0.0173. The van der Waals surface area contributed by atoms with Crippen molar-refractivity contribution in [2.45, 2.75) is 13.0 Å². The molecule has 1 unspecified atom stereocenters. The Morgan fingerprint density at radius 1 is 1.29 bits per heavy atom. The summed E-state index contributed by atoms with van der Waals surface area (Å²) < 4.78 is 0. The quantitative estimate of drug-likeness (QED) is 0.817. The predicted octanol–water partition coefficient (Wildman–Crippen LogP) is 2.83. The number of hydrogen-bond donors (Lipinski definition) is 1. The Morgan fingerprint density at radius 2 is 2.00 bits per heavy atom. The van der Waals surface area contributed by atoms with Gasteiger partial charge in [0.05, 0.1) is 5.69 Å². The van der Waals surface area contributed by atoms with Crippen molar-refractivity contribution in [2.24, 2.45) is 5.73 Å². The van der Waals surface area contributed by atoms with Gasteiger partial charge in [-0.3, -0.25) is 0 Å². The molecule has 1 atom stereocenters. The van der Waals surface area contributed by atoms with Gasteiger partial charge >= 0.3 is 0 Å². The highest BCUT2D eigenvalue weighted by molar-refractivity contribution is 7.13. The Hall–Kier alpha value is -1.19. The largest absolute Gasteiger partial charge is 0.323 e. The minimum Gasteiger partial charge on any atom is -0.323 e. The summed E-state index contributed by atoms with van der Waals surface area (Å²) in [6.07, 6.45) is 0. The number of hydrogen-bond acceptors (Lipinski definition) is 3. The molecular formula is C11H12N2S. The van der Waals surface area contributed by atoms with Crippen LogP contribution in [0, 0.1) is 0 Å². The molecule has 0 aliphatic carbocycles. The van der Waals surface area contributed by atoms with E-state index in [1.807, 2.05) is 30.5 Å². The normalized spacial score (nSPS) is 12.7. The van der Waals surface area contributed by atoms with Gasteiger partial charge in [-0.1, -0.05) is 30.3 Å². The van der Waals surface area contributed by atoms with Gasteiger partial charge in [0.25, 0.3) is 0 Å². The molecule has 72 valence electrons. The van der Waals surface area contributed by atoms with E-state index in [1.54, 1.807) is 11.3 Å². The third kappa shape index (κ3) is 1.84. The predicted molar refractivity (Wildman–Crippen MR) is 60.2 cm³/mol. The van der Waals surface area contributed by atoms with Gasteiger partial charge in [-0.2, -0.15) is 0 Å². The summed E-state index contributed by atoms with van der Waals surface area (Å²) in [6, 6.07) is 10.2. The number of nitrogens with two attached hydrogens (primary N) is 1. The number of benzene rings is 1. The highest BCUT2D eigenvalue weighted by Crippen LogP contribution is 2.24. The van der Waals surface area contributed by atoms with Crippen LogP contribution in [0.4, 0.5) is 0 Å². The first-order valence-electron chi connectivity index (χ1n) is 4.54. The van der Waals surface area contributed by atoms with E-state index in [0.717, 1.165) is 16.3 Å². The average molecular weight is 204 g/mol. The molecule has 0 fully saturated rings. The van der Waals surface area contributed by atoms with Crippen LogP contribution in [0.2, 0.25) is 0 Å². The minimum atomic E-state index is 0.0173. The van der Waals surface area contributed by atoms with Crippen LogP contribution >= 0.6 is 11.3 Å². The first-order valence-corrected chi connectivity index (χ1v) is 5.42. The molecule has 0 aliphatic rings. The Bertz CT molecular complexity index is 406. The maximum Gasteiger partial charge on any atom is 0.123 e. The van der Waals surface area contributed by atoms with Crippen molar-refractivity contribution in [2.75, 3.05) is 0 Å². The number of aromatic nitrogens is 1. The first kappa shape index (κ1) is 9.37. The summed E-state index contributed by atoms with van der Waals surface area (Å²) in [6.45, 7) is 1.95. The van der Waals surface area contributed by atoms with Crippen LogP contribution in [0.5, 0.6) is 0 Å². The zero-order valence-electron chi connectivity index (χ0n) is 7.97. The second kappa shape index (κ2) is 3.90. The monoisotopic (exact) mass is 204 g/mol. The van der Waals surface area contributed by atoms with Gasteiger partial charge in [-0.25, -0.2) is 4.98 Å². The van der Waals surface area contributed by atoms with Gasteiger partial charge in [0, 0.05) is 17.0 Å². The zero-order chi connectivity index (χ0) is 9.97. The van der Waals surface area contributed by atoms with Gasteiger partial charge in [0.15, 0.2) is 0 Å². The van der Waals surface area contributed by atoms with E-state index in [-0.39, 0.29) is 6.04 Å². The van der Waals surface area contributed by atoms with Crippen LogP contribution < -0.4 is 5.73 Å². The fourth-order valence-electron chi connectivity index (χ4n) is 1.21. The van der Waals surface area contributed by atoms with E-state index < -0.39 is 0 Å². The summed E-state index contributed by atoms with van der Waals surface area (Å²) in [5, 5.41) is 3.06. The Labute approximate surface area is 87.4 Å². The molecule has 1 heterocycles. The summed E-state index contributed by atoms with van der Waals surface area (Å²) in [7, 11) is 0. The van der Waals surface area contributed by atoms with Crippen molar-refractivity contribution in [3.8, 4) is 10.6 Å². The standard InChI is InChI=1S/C11H12N2S/c1-8(12)10-7-14-11(13-10)9-5-3-2-4-6-9/h2-8H,12H2,1H3. The van der Waals surface area contributed by atoms with Crippen LogP contribution in [0.3, 0.4) is 0 Å². The number of rotatable bonds is 2. The average Bonchev–Trinajstić information content (AvgIpc) is 2.68. The fraction of sp³-hybridized carbons (Fsp3) is 0.182. The SMILES string of the molecule is CC(N)c1csc(-c2ccccc2)n1. The van der Waals surface area contributed by atoms with E-state index >= 15 is 0 Å². The molecule has 0 saturated heterocycles. The van der Waals surface area contributed by atoms with Crippen molar-refractivity contribution in [3.05, 3.63) is 41.4 Å². The fourth-order valence-corrected chi connectivity index (χ4v) is 2.14. The van der Waals surface area contributed by atoms with Gasteiger partial charge in [0.2, 0.25) is 0 Å². The molecule has 0 bridgehead atoms. The molecule has 0 radical (unpaired) electrons. The van der Waals surface area contributed by atoms with E-state index in [9.17, 15) is 0 Å². The Kier molecular flexibility index (Phi) is 2.61. The van der Waals surface area contributed by atoms with Gasteiger partial charge in [0.1, 0.15) is 5.01 Å². The lowest BCUT2D eigenvalue weighted by atomic mass is 10.2. The van der Waals surface area contributed by atoms with Crippen molar-refractivity contribution >= 4 is 11.3 Å². The smallest absolute Gasteiger partial charge is 0.123 e. The second-order valence-corrected chi connectivity index (χ2v) is 4.09. The zero-order valence-corrected chi connectivity index (χ0v) is 8.79. The topological polar surface area (TPSA) is 38.9 Å². The van der Waals surface area contributed by atoms with Crippen LogP contribution in [-0.2, 0) is 0 Å². The van der Waals surface area contributed by atoms with E-state index in [4.69, 9.17) is 5.73 Å². The third-order valence-corrected chi connectivity index (χ3v) is 2.92. The lowest BCUT2D eigenvalue weighted by Gasteiger charge is -1.98. The molecule has 0 spiro atoms. The molecule has 1 aromatic heterocycles. The molecule has 2 N–H and O–H groups in total. The van der Waals surface area contributed by atoms with Gasteiger partial charge in [-0.15, -0.1) is 11.3 Å². The summed E-state index contributed by atoms with van der Waals surface area (Å²) in [5.74, 6) is 0. The summed E-state index contributed by atoms with van der Waals surface area (Å²) in [4.78, 5) is 4.47. The summed E-state index contributed by atoms with van der Waals surface area (Å²) in [5.41, 5.74) is 7.87. The van der Waals surface area contributed by atoms with Crippen LogP contribution in [-0.4, -0.2) is 4.98 Å². The Morgan fingerprint density at radius 3 is 2.57 bits per heavy atom. The first-order chi connectivity index (χ1) is 6.77. The molecule has 3 heteroatoms. The van der Waals surface area contributed by atoms with Crippen LogP contribution in [0.1, 0.15) is 18.7 Å². The molecule has 0 aliphatic heterocycles. The molecular weight excluding hydrogens is 192 g/mol. The van der Waals surface area contributed by atoms with Crippen molar-refractivity contribution < 1.29 is 0 Å². The third-order valence-electron chi connectivity index (χ3n) is 2.01. The highest BCUT2D eigenvalue weighted by Gasteiger charge is 2.06. The van der Waals surface area contributed by atoms with Gasteiger partial charge in [-0.05, 0) is 6.92 Å². The van der Waals surface area contributed by atoms with Crippen molar-refractivity contribution in [3.63, 3.8) is 0 Å². The molecule has 0 amide bonds.